The van der Waals surface area contributed by atoms with Gasteiger partial charge in [0.25, 0.3) is 10.0 Å². The first kappa shape index (κ1) is 17.0. The highest BCUT2D eigenvalue weighted by Gasteiger charge is 2.16. The highest BCUT2D eigenvalue weighted by Crippen LogP contribution is 2.18. The largest absolute Gasteiger partial charge is 0.372 e. The minimum atomic E-state index is -3.77. The van der Waals surface area contributed by atoms with Crippen LogP contribution in [0, 0.1) is 6.92 Å². The number of hydrogen-bond donors (Lipinski definition) is 2. The van der Waals surface area contributed by atoms with Gasteiger partial charge in [0.15, 0.2) is 5.82 Å². The molecule has 9 heteroatoms. The topological polar surface area (TPSA) is 111 Å². The number of rotatable bonds is 7. The van der Waals surface area contributed by atoms with Gasteiger partial charge >= 0.3 is 0 Å². The first-order valence-corrected chi connectivity index (χ1v) is 8.33. The Balaban J connectivity index is 2.04. The molecule has 0 saturated heterocycles. The van der Waals surface area contributed by atoms with Gasteiger partial charge in [-0.25, -0.2) is 8.42 Å². The van der Waals surface area contributed by atoms with Crippen molar-refractivity contribution in [2.24, 2.45) is 0 Å². The molecule has 2 aromatic rings. The van der Waals surface area contributed by atoms with E-state index in [1.807, 2.05) is 0 Å². The maximum Gasteiger partial charge on any atom is 0.263 e. The van der Waals surface area contributed by atoms with Crippen LogP contribution < -0.4 is 10.0 Å². The van der Waals surface area contributed by atoms with Crippen molar-refractivity contribution in [2.45, 2.75) is 18.7 Å². The summed E-state index contributed by atoms with van der Waals surface area (Å²) in [5, 5.41) is 6.18. The van der Waals surface area contributed by atoms with E-state index >= 15 is 0 Å². The Hall–Kier alpha value is -2.39. The quantitative estimate of drug-likeness (QED) is 0.795. The Morgan fingerprint density at radius 3 is 2.57 bits per heavy atom. The van der Waals surface area contributed by atoms with Gasteiger partial charge in [-0.15, -0.1) is 0 Å². The zero-order valence-corrected chi connectivity index (χ0v) is 13.5. The minimum Gasteiger partial charge on any atom is -0.372 e. The van der Waals surface area contributed by atoms with Crippen LogP contribution in [0.25, 0.3) is 0 Å². The zero-order valence-electron chi connectivity index (χ0n) is 12.7. The molecule has 0 aliphatic heterocycles. The van der Waals surface area contributed by atoms with Crippen molar-refractivity contribution < 1.29 is 22.5 Å². The van der Waals surface area contributed by atoms with Crippen LogP contribution >= 0.6 is 0 Å². The molecule has 124 valence electrons. The molecule has 1 amide bonds. The van der Waals surface area contributed by atoms with E-state index < -0.39 is 10.0 Å². The van der Waals surface area contributed by atoms with Gasteiger partial charge in [-0.05, 0) is 38.1 Å². The van der Waals surface area contributed by atoms with E-state index in [-0.39, 0.29) is 23.2 Å². The molecule has 0 aliphatic rings. The number of nitrogens with zero attached hydrogens (tertiary/aromatic N) is 1. The lowest BCUT2D eigenvalue weighted by Crippen LogP contribution is -2.18. The maximum absolute atomic E-state index is 12.2. The van der Waals surface area contributed by atoms with E-state index in [2.05, 4.69) is 15.2 Å². The fourth-order valence-electron chi connectivity index (χ4n) is 1.72. The van der Waals surface area contributed by atoms with Gasteiger partial charge in [0.1, 0.15) is 12.4 Å². The van der Waals surface area contributed by atoms with Crippen molar-refractivity contribution in [2.75, 3.05) is 23.3 Å². The molecule has 1 heterocycles. The number of carbonyl (C=O) groups excluding carboxylic acids is 1. The second kappa shape index (κ2) is 7.25. The third kappa shape index (κ3) is 4.80. The normalized spacial score (nSPS) is 11.2. The molecule has 0 fully saturated rings. The van der Waals surface area contributed by atoms with Crippen LogP contribution in [0.2, 0.25) is 0 Å². The van der Waals surface area contributed by atoms with Crippen LogP contribution in [0.5, 0.6) is 0 Å². The van der Waals surface area contributed by atoms with Crippen molar-refractivity contribution in [3.63, 3.8) is 0 Å². The molecule has 0 radical (unpaired) electrons. The van der Waals surface area contributed by atoms with E-state index in [9.17, 15) is 13.2 Å². The predicted octanol–water partition coefficient (Wildman–Crippen LogP) is 1.76. The van der Waals surface area contributed by atoms with Crippen LogP contribution in [-0.2, 0) is 19.6 Å². The van der Waals surface area contributed by atoms with Crippen LogP contribution in [0.1, 0.15) is 12.7 Å². The molecule has 2 rings (SSSR count). The van der Waals surface area contributed by atoms with Gasteiger partial charge in [0.05, 0.1) is 4.90 Å². The summed E-state index contributed by atoms with van der Waals surface area (Å²) < 4.78 is 36.5. The number of ether oxygens (including phenoxy) is 1. The summed E-state index contributed by atoms with van der Waals surface area (Å²) in [6.45, 7) is 3.84. The molecule has 0 spiro atoms. The molecule has 0 saturated carbocycles. The van der Waals surface area contributed by atoms with Gasteiger partial charge in [-0.1, -0.05) is 5.16 Å². The van der Waals surface area contributed by atoms with E-state index in [1.54, 1.807) is 13.8 Å². The molecular weight excluding hydrogens is 322 g/mol. The SMILES string of the molecule is CCOCC(=O)Nc1ccc(S(=O)(=O)Nc2cc(C)on2)cc1. The molecule has 1 aromatic carbocycles. The van der Waals surface area contributed by atoms with Crippen molar-refractivity contribution in [3.05, 3.63) is 36.1 Å². The van der Waals surface area contributed by atoms with Gasteiger partial charge in [0, 0.05) is 18.4 Å². The summed E-state index contributed by atoms with van der Waals surface area (Å²) >= 11 is 0. The molecule has 0 unspecified atom stereocenters. The zero-order chi connectivity index (χ0) is 16.9. The molecule has 2 N–H and O–H groups in total. The average Bonchev–Trinajstić information content (AvgIpc) is 2.90. The lowest BCUT2D eigenvalue weighted by molar-refractivity contribution is -0.120. The number of sulfonamides is 1. The van der Waals surface area contributed by atoms with E-state index in [0.29, 0.717) is 18.1 Å². The van der Waals surface area contributed by atoms with Gasteiger partial charge in [-0.3, -0.25) is 9.52 Å². The number of anilines is 2. The minimum absolute atomic E-state index is 0.0426. The summed E-state index contributed by atoms with van der Waals surface area (Å²) in [6.07, 6.45) is 0. The fraction of sp³-hybridized carbons (Fsp3) is 0.286. The number of benzene rings is 1. The van der Waals surface area contributed by atoms with Crippen molar-refractivity contribution >= 4 is 27.4 Å². The highest BCUT2D eigenvalue weighted by atomic mass is 32.2. The highest BCUT2D eigenvalue weighted by molar-refractivity contribution is 7.92. The molecule has 23 heavy (non-hydrogen) atoms. The Kier molecular flexibility index (Phi) is 5.35. The first-order valence-electron chi connectivity index (χ1n) is 6.84. The number of hydrogen-bond acceptors (Lipinski definition) is 6. The van der Waals surface area contributed by atoms with Crippen LogP contribution in [0.15, 0.2) is 39.8 Å². The number of nitrogens with one attached hydrogen (secondary N) is 2. The second-order valence-electron chi connectivity index (χ2n) is 4.64. The van der Waals surface area contributed by atoms with Gasteiger partial charge in [0.2, 0.25) is 5.91 Å². The Labute approximate surface area is 133 Å². The molecule has 1 aromatic heterocycles. The average molecular weight is 339 g/mol. The second-order valence-corrected chi connectivity index (χ2v) is 6.32. The lowest BCUT2D eigenvalue weighted by atomic mass is 10.3. The molecule has 0 atom stereocenters. The van der Waals surface area contributed by atoms with Gasteiger partial charge in [-0.2, -0.15) is 0 Å². The summed E-state index contributed by atoms with van der Waals surface area (Å²) in [4.78, 5) is 11.6. The number of aromatic nitrogens is 1. The van der Waals surface area contributed by atoms with Crippen LogP contribution in [0.4, 0.5) is 11.5 Å². The third-order valence-corrected chi connectivity index (χ3v) is 4.12. The Bertz CT molecular complexity index is 768. The van der Waals surface area contributed by atoms with Crippen LogP contribution in [-0.4, -0.2) is 32.7 Å². The smallest absolute Gasteiger partial charge is 0.263 e. The number of aryl methyl sites for hydroxylation is 1. The number of carbonyl (C=O) groups is 1. The fourth-order valence-corrected chi connectivity index (χ4v) is 2.70. The van der Waals surface area contributed by atoms with E-state index in [1.165, 1.54) is 30.3 Å². The molecule has 0 aliphatic carbocycles. The lowest BCUT2D eigenvalue weighted by Gasteiger charge is -2.08. The summed E-state index contributed by atoms with van der Waals surface area (Å²) in [5.41, 5.74) is 0.478. The molecule has 8 nitrogen and oxygen atoms in total. The standard InChI is InChI=1S/C14H17N3O5S/c1-3-21-9-14(18)15-11-4-6-12(7-5-11)23(19,20)17-13-8-10(2)22-16-13/h4-8H,3,9H2,1-2H3,(H,15,18)(H,16,17). The Morgan fingerprint density at radius 2 is 2.00 bits per heavy atom. The van der Waals surface area contributed by atoms with Gasteiger partial charge < -0.3 is 14.6 Å². The maximum atomic E-state index is 12.2. The monoisotopic (exact) mass is 339 g/mol. The van der Waals surface area contributed by atoms with Crippen molar-refractivity contribution in [3.8, 4) is 0 Å². The first-order chi connectivity index (χ1) is 10.9. The van der Waals surface area contributed by atoms with Crippen molar-refractivity contribution in [1.29, 1.82) is 0 Å². The summed E-state index contributed by atoms with van der Waals surface area (Å²) in [7, 11) is -3.77. The summed E-state index contributed by atoms with van der Waals surface area (Å²) in [5.74, 6) is 0.297. The molecule has 0 bridgehead atoms. The third-order valence-electron chi connectivity index (χ3n) is 2.75. The van der Waals surface area contributed by atoms with E-state index in [0.717, 1.165) is 0 Å². The van der Waals surface area contributed by atoms with Crippen LogP contribution in [0.3, 0.4) is 0 Å². The van der Waals surface area contributed by atoms with E-state index in [4.69, 9.17) is 9.26 Å². The number of amides is 1. The predicted molar refractivity (Wildman–Crippen MR) is 83.6 cm³/mol. The van der Waals surface area contributed by atoms with Crippen molar-refractivity contribution in [1.82, 2.24) is 5.16 Å². The summed E-state index contributed by atoms with van der Waals surface area (Å²) in [6, 6.07) is 7.22. The Morgan fingerprint density at radius 1 is 1.30 bits per heavy atom. The molecular formula is C14H17N3O5S.